The third-order valence-electron chi connectivity index (χ3n) is 3.13. The molecule has 5 heteroatoms. The molecule has 1 rings (SSSR count). The number of amides is 2. The summed E-state index contributed by atoms with van der Waals surface area (Å²) in [6.45, 7) is 7.31. The number of likely N-dealkylation sites (N-methyl/N-ethyl adjacent to an activating group) is 1. The minimum atomic E-state index is -1.24. The van der Waals surface area contributed by atoms with Gasteiger partial charge in [-0.2, -0.15) is 0 Å². The summed E-state index contributed by atoms with van der Waals surface area (Å²) in [5.74, 6) is -0.328. The maximum absolute atomic E-state index is 12.4. The van der Waals surface area contributed by atoms with Gasteiger partial charge in [0.2, 0.25) is 5.91 Å². The normalized spacial score (nSPS) is 12.8. The number of rotatable bonds is 7. The summed E-state index contributed by atoms with van der Waals surface area (Å²) in [6.07, 6.45) is 2.16. The molecule has 2 N–H and O–H groups in total. The fraction of sp³-hybridized carbons (Fsp3) is 0.250. The first kappa shape index (κ1) is 16.5. The van der Waals surface area contributed by atoms with Crippen LogP contribution in [0, 0.1) is 0 Å². The van der Waals surface area contributed by atoms with Gasteiger partial charge in [0.15, 0.2) is 0 Å². The second-order valence-corrected chi connectivity index (χ2v) is 4.57. The summed E-state index contributed by atoms with van der Waals surface area (Å²) >= 11 is 0. The molecule has 5 nitrogen and oxygen atoms in total. The van der Waals surface area contributed by atoms with Crippen molar-refractivity contribution in [3.05, 3.63) is 61.2 Å². The SMILES string of the molecule is C=CC[C@H](NC(=O)O)C(=O)N(C)C(C=C)c1ccccc1. The second-order valence-electron chi connectivity index (χ2n) is 4.57. The Morgan fingerprint density at radius 1 is 1.33 bits per heavy atom. The van der Waals surface area contributed by atoms with Crippen molar-refractivity contribution in [1.82, 2.24) is 10.2 Å². The molecule has 1 aromatic rings. The van der Waals surface area contributed by atoms with Gasteiger partial charge in [-0.15, -0.1) is 13.2 Å². The van der Waals surface area contributed by atoms with E-state index in [0.717, 1.165) is 5.56 Å². The minimum absolute atomic E-state index is 0.230. The van der Waals surface area contributed by atoms with Crippen molar-refractivity contribution < 1.29 is 14.7 Å². The van der Waals surface area contributed by atoms with Crippen LogP contribution in [0.4, 0.5) is 4.79 Å². The molecule has 0 heterocycles. The van der Waals surface area contributed by atoms with Gasteiger partial charge in [-0.3, -0.25) is 4.79 Å². The van der Waals surface area contributed by atoms with Gasteiger partial charge in [-0.05, 0) is 12.0 Å². The van der Waals surface area contributed by atoms with E-state index in [1.54, 1.807) is 13.1 Å². The van der Waals surface area contributed by atoms with Crippen molar-refractivity contribution in [1.29, 1.82) is 0 Å². The largest absolute Gasteiger partial charge is 0.465 e. The van der Waals surface area contributed by atoms with Crippen molar-refractivity contribution in [3.8, 4) is 0 Å². The van der Waals surface area contributed by atoms with Crippen molar-refractivity contribution in [2.24, 2.45) is 0 Å². The van der Waals surface area contributed by atoms with Crippen LogP contribution in [0.2, 0.25) is 0 Å². The Morgan fingerprint density at radius 2 is 1.95 bits per heavy atom. The third kappa shape index (κ3) is 4.49. The quantitative estimate of drug-likeness (QED) is 0.758. The van der Waals surface area contributed by atoms with E-state index in [1.807, 2.05) is 30.3 Å². The number of nitrogens with zero attached hydrogens (tertiary/aromatic N) is 1. The fourth-order valence-corrected chi connectivity index (χ4v) is 2.09. The van der Waals surface area contributed by atoms with E-state index in [-0.39, 0.29) is 18.4 Å². The van der Waals surface area contributed by atoms with Crippen LogP contribution in [0.15, 0.2) is 55.6 Å². The van der Waals surface area contributed by atoms with Crippen molar-refractivity contribution in [2.75, 3.05) is 7.05 Å². The Labute approximate surface area is 124 Å². The minimum Gasteiger partial charge on any atom is -0.465 e. The standard InChI is InChI=1S/C16H20N2O3/c1-4-9-13(17-16(20)21)15(19)18(3)14(5-2)12-10-7-6-8-11-12/h4-8,10-11,13-14,17H,1-2,9H2,3H3,(H,20,21)/t13-,14?/m0/s1. The molecule has 0 saturated heterocycles. The van der Waals surface area contributed by atoms with E-state index in [0.29, 0.717) is 0 Å². The molecule has 1 aromatic carbocycles. The molecular weight excluding hydrogens is 268 g/mol. The molecule has 0 fully saturated rings. The summed E-state index contributed by atoms with van der Waals surface area (Å²) in [4.78, 5) is 24.7. The topological polar surface area (TPSA) is 69.6 Å². The Morgan fingerprint density at radius 3 is 2.43 bits per heavy atom. The maximum atomic E-state index is 12.4. The summed E-state index contributed by atoms with van der Waals surface area (Å²) < 4.78 is 0. The molecule has 0 aliphatic carbocycles. The van der Waals surface area contributed by atoms with Gasteiger partial charge in [0, 0.05) is 7.05 Å². The van der Waals surface area contributed by atoms with Crippen LogP contribution in [0.1, 0.15) is 18.0 Å². The molecule has 0 aliphatic heterocycles. The van der Waals surface area contributed by atoms with E-state index >= 15 is 0 Å². The monoisotopic (exact) mass is 288 g/mol. The Kier molecular flexibility index (Phi) is 6.20. The first-order valence-corrected chi connectivity index (χ1v) is 6.55. The van der Waals surface area contributed by atoms with Crippen LogP contribution < -0.4 is 5.32 Å². The average Bonchev–Trinajstić information content (AvgIpc) is 2.47. The van der Waals surface area contributed by atoms with Crippen LogP contribution in [0.5, 0.6) is 0 Å². The highest BCUT2D eigenvalue weighted by molar-refractivity contribution is 5.85. The van der Waals surface area contributed by atoms with Gasteiger partial charge >= 0.3 is 6.09 Å². The zero-order valence-electron chi connectivity index (χ0n) is 12.0. The molecule has 0 bridgehead atoms. The average molecular weight is 288 g/mol. The fourth-order valence-electron chi connectivity index (χ4n) is 2.09. The Hall–Kier alpha value is -2.56. The lowest BCUT2D eigenvalue weighted by molar-refractivity contribution is -0.133. The summed E-state index contributed by atoms with van der Waals surface area (Å²) in [6, 6.07) is 8.25. The van der Waals surface area contributed by atoms with Gasteiger partial charge < -0.3 is 15.3 Å². The lowest BCUT2D eigenvalue weighted by Crippen LogP contribution is -2.47. The number of benzene rings is 1. The van der Waals surface area contributed by atoms with Gasteiger partial charge in [-0.25, -0.2) is 4.79 Å². The van der Waals surface area contributed by atoms with E-state index < -0.39 is 12.1 Å². The lowest BCUT2D eigenvalue weighted by Gasteiger charge is -2.29. The molecule has 2 atom stereocenters. The van der Waals surface area contributed by atoms with Crippen LogP contribution in [0.3, 0.4) is 0 Å². The predicted octanol–water partition coefficient (Wildman–Crippen LogP) is 2.58. The first-order valence-electron chi connectivity index (χ1n) is 6.55. The molecular formula is C16H20N2O3. The van der Waals surface area contributed by atoms with E-state index in [1.165, 1.54) is 11.0 Å². The van der Waals surface area contributed by atoms with Gasteiger partial charge in [0.25, 0.3) is 0 Å². The number of carbonyl (C=O) groups is 2. The smallest absolute Gasteiger partial charge is 0.405 e. The van der Waals surface area contributed by atoms with E-state index in [2.05, 4.69) is 18.5 Å². The molecule has 2 amide bonds. The molecule has 0 saturated carbocycles. The van der Waals surface area contributed by atoms with Crippen LogP contribution >= 0.6 is 0 Å². The number of carboxylic acid groups (broad SMARTS) is 1. The highest BCUT2D eigenvalue weighted by Gasteiger charge is 2.26. The zero-order chi connectivity index (χ0) is 15.8. The Balaban J connectivity index is 2.94. The van der Waals surface area contributed by atoms with Crippen molar-refractivity contribution >= 4 is 12.0 Å². The first-order chi connectivity index (χ1) is 10.0. The number of hydrogen-bond donors (Lipinski definition) is 2. The van der Waals surface area contributed by atoms with Gasteiger partial charge in [0.05, 0.1) is 6.04 Å². The lowest BCUT2D eigenvalue weighted by atomic mass is 10.0. The summed E-state index contributed by atoms with van der Waals surface area (Å²) in [7, 11) is 1.63. The highest BCUT2D eigenvalue weighted by atomic mass is 16.4. The van der Waals surface area contributed by atoms with Gasteiger partial charge in [0.1, 0.15) is 6.04 Å². The number of hydrogen-bond acceptors (Lipinski definition) is 2. The highest BCUT2D eigenvalue weighted by Crippen LogP contribution is 2.21. The Bertz CT molecular complexity index is 514. The molecule has 0 aromatic heterocycles. The third-order valence-corrected chi connectivity index (χ3v) is 3.13. The molecule has 21 heavy (non-hydrogen) atoms. The second kappa shape index (κ2) is 7.89. The predicted molar refractivity (Wildman–Crippen MR) is 81.9 cm³/mol. The van der Waals surface area contributed by atoms with Crippen molar-refractivity contribution in [3.63, 3.8) is 0 Å². The number of carbonyl (C=O) groups excluding carboxylic acids is 1. The van der Waals surface area contributed by atoms with Gasteiger partial charge in [-0.1, -0.05) is 42.5 Å². The van der Waals surface area contributed by atoms with Crippen LogP contribution in [-0.4, -0.2) is 35.1 Å². The molecule has 0 aliphatic rings. The molecule has 0 radical (unpaired) electrons. The zero-order valence-corrected chi connectivity index (χ0v) is 12.0. The maximum Gasteiger partial charge on any atom is 0.405 e. The molecule has 1 unspecified atom stereocenters. The molecule has 0 spiro atoms. The number of nitrogens with one attached hydrogen (secondary N) is 1. The molecule has 112 valence electrons. The van der Waals surface area contributed by atoms with Crippen LogP contribution in [0.25, 0.3) is 0 Å². The van der Waals surface area contributed by atoms with Crippen molar-refractivity contribution in [2.45, 2.75) is 18.5 Å². The van der Waals surface area contributed by atoms with E-state index in [4.69, 9.17) is 5.11 Å². The summed E-state index contributed by atoms with van der Waals surface area (Å²) in [5.41, 5.74) is 0.913. The van der Waals surface area contributed by atoms with Crippen LogP contribution in [-0.2, 0) is 4.79 Å². The summed E-state index contributed by atoms with van der Waals surface area (Å²) in [5, 5.41) is 11.0. The van der Waals surface area contributed by atoms with E-state index in [9.17, 15) is 9.59 Å².